The van der Waals surface area contributed by atoms with Crippen molar-refractivity contribution < 1.29 is 19.1 Å². The fourth-order valence-corrected chi connectivity index (χ4v) is 6.88. The quantitative estimate of drug-likeness (QED) is 0.663. The second-order valence-corrected chi connectivity index (χ2v) is 9.42. The molecule has 2 fully saturated rings. The van der Waals surface area contributed by atoms with E-state index in [2.05, 4.69) is 10.3 Å². The Morgan fingerprint density at radius 3 is 2.77 bits per heavy atom. The minimum absolute atomic E-state index is 0.0929. The lowest BCUT2D eigenvalue weighted by molar-refractivity contribution is -0.136. The van der Waals surface area contributed by atoms with Crippen molar-refractivity contribution in [1.82, 2.24) is 19.8 Å². The van der Waals surface area contributed by atoms with Gasteiger partial charge in [-0.05, 0) is 11.6 Å². The van der Waals surface area contributed by atoms with E-state index in [-0.39, 0.29) is 29.1 Å². The summed E-state index contributed by atoms with van der Waals surface area (Å²) in [5.41, 5.74) is 0.770. The zero-order valence-corrected chi connectivity index (χ0v) is 17.4. The number of thiazole rings is 1. The highest BCUT2D eigenvalue weighted by Crippen LogP contribution is 2.51. The van der Waals surface area contributed by atoms with Crippen LogP contribution in [0.25, 0.3) is 0 Å². The number of hydrogen-bond donors (Lipinski definition) is 1. The third kappa shape index (κ3) is 3.17. The van der Waals surface area contributed by atoms with Crippen molar-refractivity contribution in [3.05, 3.63) is 44.6 Å². The molecule has 11 heteroatoms. The van der Waals surface area contributed by atoms with Crippen molar-refractivity contribution in [2.75, 3.05) is 26.3 Å². The predicted molar refractivity (Wildman–Crippen MR) is 108 cm³/mol. The molecule has 0 radical (unpaired) electrons. The molecule has 2 aromatic heterocycles. The summed E-state index contributed by atoms with van der Waals surface area (Å²) in [6.45, 7) is 1.85. The zero-order chi connectivity index (χ0) is 20.8. The largest absolute Gasteiger partial charge is 0.378 e. The maximum absolute atomic E-state index is 12.9. The Bertz CT molecular complexity index is 1080. The van der Waals surface area contributed by atoms with E-state index in [4.69, 9.17) is 4.74 Å². The van der Waals surface area contributed by atoms with Gasteiger partial charge >= 0.3 is 4.87 Å². The van der Waals surface area contributed by atoms with Gasteiger partial charge in [0.05, 0.1) is 24.2 Å². The third-order valence-corrected chi connectivity index (χ3v) is 8.20. The number of amides is 3. The molecule has 3 aliphatic rings. The molecule has 5 heterocycles. The Balaban J connectivity index is 1.56. The highest BCUT2D eigenvalue weighted by atomic mass is 32.2. The van der Waals surface area contributed by atoms with Gasteiger partial charge in [-0.3, -0.25) is 34.0 Å². The number of carbonyl (C=O) groups is 3. The summed E-state index contributed by atoms with van der Waals surface area (Å²) in [6.07, 6.45) is 3.29. The van der Waals surface area contributed by atoms with Crippen molar-refractivity contribution in [1.29, 1.82) is 0 Å². The topological polar surface area (TPSA) is 111 Å². The van der Waals surface area contributed by atoms with Crippen LogP contribution in [-0.2, 0) is 25.7 Å². The molecule has 5 rings (SSSR count). The van der Waals surface area contributed by atoms with Gasteiger partial charge in [0.15, 0.2) is 0 Å². The van der Waals surface area contributed by atoms with E-state index >= 15 is 0 Å². The van der Waals surface area contributed by atoms with E-state index in [0.29, 0.717) is 36.2 Å². The van der Waals surface area contributed by atoms with Gasteiger partial charge in [-0.1, -0.05) is 29.2 Å². The van der Waals surface area contributed by atoms with E-state index in [1.807, 2.05) is 6.07 Å². The number of nitrogens with zero attached hydrogens (tertiary/aromatic N) is 3. The van der Waals surface area contributed by atoms with E-state index in [0.717, 1.165) is 16.9 Å². The van der Waals surface area contributed by atoms with E-state index < -0.39 is 17.1 Å². The molecule has 30 heavy (non-hydrogen) atoms. The van der Waals surface area contributed by atoms with Gasteiger partial charge in [-0.15, -0.1) is 0 Å². The van der Waals surface area contributed by atoms with Gasteiger partial charge in [0, 0.05) is 36.3 Å². The molecule has 9 nitrogen and oxygen atoms in total. The van der Waals surface area contributed by atoms with E-state index in [1.165, 1.54) is 16.3 Å². The maximum atomic E-state index is 12.9. The third-order valence-electron chi connectivity index (χ3n) is 5.59. The average molecular weight is 447 g/mol. The first-order valence-electron chi connectivity index (χ1n) is 9.55. The van der Waals surface area contributed by atoms with Gasteiger partial charge in [0.25, 0.3) is 0 Å². The van der Waals surface area contributed by atoms with Crippen molar-refractivity contribution in [3.63, 3.8) is 0 Å². The molecular weight excluding hydrogens is 428 g/mol. The summed E-state index contributed by atoms with van der Waals surface area (Å²) in [6, 6.07) is 3.61. The van der Waals surface area contributed by atoms with Crippen molar-refractivity contribution in [2.45, 2.75) is 22.7 Å². The lowest BCUT2D eigenvalue weighted by atomic mass is 9.84. The van der Waals surface area contributed by atoms with Gasteiger partial charge < -0.3 is 9.64 Å². The van der Waals surface area contributed by atoms with Crippen LogP contribution < -0.4 is 10.2 Å². The highest BCUT2D eigenvalue weighted by molar-refractivity contribution is 8.00. The molecular formula is C19H18N4O5S2. The van der Waals surface area contributed by atoms with Crippen molar-refractivity contribution in [3.8, 4) is 0 Å². The number of hydrogen-bond acceptors (Lipinski definition) is 8. The predicted octanol–water partition coefficient (Wildman–Crippen LogP) is 0.0424. The van der Waals surface area contributed by atoms with Crippen LogP contribution in [0.5, 0.6) is 0 Å². The molecule has 2 saturated heterocycles. The van der Waals surface area contributed by atoms with E-state index in [9.17, 15) is 19.2 Å². The lowest BCUT2D eigenvalue weighted by Crippen LogP contribution is -2.43. The van der Waals surface area contributed by atoms with Gasteiger partial charge in [-0.25, -0.2) is 0 Å². The molecule has 0 saturated carbocycles. The van der Waals surface area contributed by atoms with Crippen LogP contribution in [0.4, 0.5) is 0 Å². The number of ether oxygens (including phenoxy) is 1. The van der Waals surface area contributed by atoms with Gasteiger partial charge in [0.2, 0.25) is 17.7 Å². The first kappa shape index (κ1) is 19.5. The van der Waals surface area contributed by atoms with Crippen LogP contribution in [0.1, 0.15) is 16.4 Å². The number of morpholine rings is 1. The summed E-state index contributed by atoms with van der Waals surface area (Å²) < 4.78 is 6.73. The molecule has 156 valence electrons. The summed E-state index contributed by atoms with van der Waals surface area (Å²) in [7, 11) is 0. The number of carbonyl (C=O) groups excluding carboxylic acids is 3. The average Bonchev–Trinajstić information content (AvgIpc) is 3.23. The summed E-state index contributed by atoms with van der Waals surface area (Å²) >= 11 is 2.23. The number of rotatable bonds is 3. The fraction of sp³-hybridized carbons (Fsp3) is 0.421. The first-order valence-corrected chi connectivity index (χ1v) is 11.2. The van der Waals surface area contributed by atoms with Crippen LogP contribution in [0, 0.1) is 5.92 Å². The Morgan fingerprint density at radius 1 is 1.23 bits per heavy atom. The number of pyridine rings is 1. The minimum Gasteiger partial charge on any atom is -0.378 e. The number of thioether (sulfide) groups is 1. The van der Waals surface area contributed by atoms with Gasteiger partial charge in [-0.2, -0.15) is 0 Å². The Hall–Kier alpha value is -2.50. The van der Waals surface area contributed by atoms with Crippen LogP contribution in [0.15, 0.2) is 34.3 Å². The van der Waals surface area contributed by atoms with Crippen molar-refractivity contribution in [2.24, 2.45) is 5.92 Å². The molecule has 2 aromatic rings. The fourth-order valence-electron chi connectivity index (χ4n) is 4.14. The highest BCUT2D eigenvalue weighted by Gasteiger charge is 2.52. The monoisotopic (exact) mass is 446 g/mol. The molecule has 0 spiro atoms. The second kappa shape index (κ2) is 7.64. The Morgan fingerprint density at radius 2 is 2.03 bits per heavy atom. The number of fused-ring (bicyclic) bond motifs is 2. The molecule has 3 amide bonds. The minimum atomic E-state index is -0.644. The Kier molecular flexibility index (Phi) is 4.95. The van der Waals surface area contributed by atoms with E-state index in [1.54, 1.807) is 23.4 Å². The molecule has 0 aliphatic carbocycles. The van der Waals surface area contributed by atoms with Crippen molar-refractivity contribution >= 4 is 40.8 Å². The molecule has 0 aromatic carbocycles. The second-order valence-electron chi connectivity index (χ2n) is 7.30. The SMILES string of the molecule is O=C1NC(=O)C2C1Sc1c(sc(=O)n1CC(=O)N1CCOCC1)C2c1cccnc1. The smallest absolute Gasteiger partial charge is 0.308 e. The normalized spacial score (nSPS) is 25.6. The molecule has 3 unspecified atom stereocenters. The summed E-state index contributed by atoms with van der Waals surface area (Å²) in [5.74, 6) is -1.92. The van der Waals surface area contributed by atoms with Crippen LogP contribution in [-0.4, -0.2) is 63.7 Å². The maximum Gasteiger partial charge on any atom is 0.308 e. The lowest BCUT2D eigenvalue weighted by Gasteiger charge is -2.31. The summed E-state index contributed by atoms with van der Waals surface area (Å²) in [4.78, 5) is 56.9. The zero-order valence-electron chi connectivity index (χ0n) is 15.8. The number of imide groups is 1. The molecule has 3 aliphatic heterocycles. The Labute approximate surface area is 179 Å². The number of aromatic nitrogens is 2. The first-order chi connectivity index (χ1) is 14.5. The molecule has 1 N–H and O–H groups in total. The standard InChI is InChI=1S/C19H18N4O5S2/c24-11(22-4-6-28-7-5-22)9-23-18-15(30-19(23)27)12(10-2-1-3-20-8-10)13-14(29-18)17(26)21-16(13)25/h1-3,8,12-14H,4-7,9H2,(H,21,25,26). The molecule has 3 atom stereocenters. The number of nitrogens with one attached hydrogen (secondary N) is 1. The molecule has 0 bridgehead atoms. The summed E-state index contributed by atoms with van der Waals surface area (Å²) in [5, 5.41) is 2.36. The van der Waals surface area contributed by atoms with Crippen LogP contribution >= 0.6 is 23.1 Å². The van der Waals surface area contributed by atoms with Crippen LogP contribution in [0.3, 0.4) is 0 Å². The van der Waals surface area contributed by atoms with Crippen LogP contribution in [0.2, 0.25) is 0 Å². The van der Waals surface area contributed by atoms with Gasteiger partial charge in [0.1, 0.15) is 11.8 Å².